The third-order valence-electron chi connectivity index (χ3n) is 4.05. The Bertz CT molecular complexity index is 386. The molecule has 0 heterocycles. The molecule has 0 unspecified atom stereocenters. The fraction of sp³-hybridized carbons (Fsp3) is 0.667. The first kappa shape index (κ1) is 26.4. The van der Waals surface area contributed by atoms with Gasteiger partial charge < -0.3 is 32.7 Å². The van der Waals surface area contributed by atoms with Gasteiger partial charge in [-0.3, -0.25) is 19.2 Å². The second-order valence-corrected chi connectivity index (χ2v) is 5.09. The molecule has 0 aromatic heterocycles. The van der Waals surface area contributed by atoms with E-state index in [-0.39, 0.29) is 59.0 Å². The van der Waals surface area contributed by atoms with Gasteiger partial charge in [0.05, 0.1) is 0 Å². The molecule has 10 nitrogen and oxygen atoms in total. The maximum Gasteiger partial charge on any atom is 2.00 e. The van der Waals surface area contributed by atoms with Gasteiger partial charge in [0.2, 0.25) is 0 Å². The molecule has 2 fully saturated rings. The summed E-state index contributed by atoms with van der Waals surface area (Å²) in [4.78, 5) is 41.5. The quantitative estimate of drug-likeness (QED) is 0.405. The summed E-state index contributed by atoms with van der Waals surface area (Å²) in [7, 11) is 0. The largest absolute Gasteiger partial charge is 2.00 e. The molecule has 23 heavy (non-hydrogen) atoms. The molecule has 2 rings (SSSR count). The average Bonchev–Trinajstić information content (AvgIpc) is 2.10. The molecule has 2 saturated carbocycles. The molecule has 0 amide bonds. The zero-order chi connectivity index (χ0) is 15.6. The second-order valence-electron chi connectivity index (χ2n) is 5.09. The normalized spacial score (nSPS) is 18.4. The van der Waals surface area contributed by atoms with Crippen LogP contribution in [0.5, 0.6) is 0 Å². The molecule has 0 radical (unpaired) electrons. The molecule has 0 aromatic carbocycles. The Morgan fingerprint density at radius 3 is 0.739 bits per heavy atom. The van der Waals surface area contributed by atoms with Crippen molar-refractivity contribution in [3.63, 3.8) is 0 Å². The molecule has 0 saturated heterocycles. The van der Waals surface area contributed by atoms with E-state index in [2.05, 4.69) is 0 Å². The number of carboxylic acids is 4. The fourth-order valence-electron chi connectivity index (χ4n) is 2.10. The maximum absolute atomic E-state index is 10.4. The summed E-state index contributed by atoms with van der Waals surface area (Å²) >= 11 is 0. The fourth-order valence-corrected chi connectivity index (χ4v) is 2.10. The van der Waals surface area contributed by atoms with E-state index < -0.39 is 34.7 Å². The van der Waals surface area contributed by atoms with Crippen molar-refractivity contribution in [2.45, 2.75) is 38.5 Å². The summed E-state index contributed by atoms with van der Waals surface area (Å²) in [5, 5.41) is 33.9. The van der Waals surface area contributed by atoms with E-state index in [1.54, 1.807) is 0 Å². The van der Waals surface area contributed by atoms with Crippen LogP contribution in [0, 0.1) is 10.8 Å². The summed E-state index contributed by atoms with van der Waals surface area (Å²) in [5.74, 6) is -4.81. The molecule has 11 heteroatoms. The number of carbonyl (C=O) groups is 4. The third kappa shape index (κ3) is 4.73. The van der Waals surface area contributed by atoms with Gasteiger partial charge in [0.25, 0.3) is 0 Å². The summed E-state index contributed by atoms with van der Waals surface area (Å²) in [6, 6.07) is 0. The van der Waals surface area contributed by atoms with Crippen LogP contribution in [0.2, 0.25) is 0 Å². The van der Waals surface area contributed by atoms with E-state index in [0.717, 1.165) is 0 Å². The molecule has 0 bridgehead atoms. The Morgan fingerprint density at radius 1 is 0.565 bits per heavy atom. The van der Waals surface area contributed by atoms with E-state index in [1.165, 1.54) is 0 Å². The van der Waals surface area contributed by atoms with Gasteiger partial charge >= 0.3 is 44.9 Å². The van der Waals surface area contributed by atoms with Crippen LogP contribution in [0.4, 0.5) is 0 Å². The van der Waals surface area contributed by atoms with E-state index in [1.807, 2.05) is 0 Å². The van der Waals surface area contributed by atoms with Gasteiger partial charge in [-0.05, 0) is 38.5 Å². The molecule has 0 aliphatic heterocycles. The van der Waals surface area contributed by atoms with Crippen LogP contribution < -0.4 is 0 Å². The molecule has 136 valence electrons. The summed E-state index contributed by atoms with van der Waals surface area (Å²) in [6.07, 6.45) is 2.52. The average molecular weight is 515 g/mol. The van der Waals surface area contributed by atoms with Crippen molar-refractivity contribution in [1.29, 1.82) is 0 Å². The number of hydrogen-bond acceptors (Lipinski definition) is 4. The molecule has 0 aromatic rings. The van der Waals surface area contributed by atoms with Crippen molar-refractivity contribution >= 4 is 23.9 Å². The molecule has 0 spiro atoms. The Hall–Kier alpha value is -1.51. The van der Waals surface area contributed by atoms with Crippen LogP contribution >= 0.6 is 0 Å². The summed E-state index contributed by atoms with van der Waals surface area (Å²) in [5.41, 5.74) is -2.89. The second kappa shape index (κ2) is 9.59. The minimum atomic E-state index is -1.44. The van der Waals surface area contributed by atoms with Gasteiger partial charge in [0, 0.05) is 0 Å². The van der Waals surface area contributed by atoms with E-state index >= 15 is 0 Å². The van der Waals surface area contributed by atoms with Crippen molar-refractivity contribution in [1.82, 2.24) is 0 Å². The SMILES string of the molecule is O=C(O)C1(C(=O)O)CCC1.O=C(O)C1(C(=O)O)CCC1.[NH2-].[NH2-].[Pt+2]. The first-order valence-electron chi connectivity index (χ1n) is 6.13. The van der Waals surface area contributed by atoms with Crippen molar-refractivity contribution in [3.05, 3.63) is 12.3 Å². The van der Waals surface area contributed by atoms with Gasteiger partial charge in [-0.15, -0.1) is 0 Å². The van der Waals surface area contributed by atoms with E-state index in [0.29, 0.717) is 12.8 Å². The zero-order valence-corrected chi connectivity index (χ0v) is 14.4. The van der Waals surface area contributed by atoms with Gasteiger partial charge in [-0.2, -0.15) is 0 Å². The number of aliphatic carboxylic acids is 4. The number of carboxylic acid groups (broad SMARTS) is 4. The number of nitrogens with two attached hydrogens (primary N) is 2. The molecule has 8 N–H and O–H groups in total. The Labute approximate surface area is 146 Å². The summed E-state index contributed by atoms with van der Waals surface area (Å²) < 4.78 is 0. The zero-order valence-electron chi connectivity index (χ0n) is 12.1. The monoisotopic (exact) mass is 515 g/mol. The van der Waals surface area contributed by atoms with Crippen molar-refractivity contribution in [2.75, 3.05) is 0 Å². The molecular formula is C12H20N2O8Pt. The standard InChI is InChI=1S/2C6H8O4.2H2N.Pt/c2*7-4(8)6(5(9)10)2-1-3-6;;;/h2*1-3H2,(H,7,8)(H,9,10);2*1H2;/q;;2*-1;+2. The number of hydrogen-bond donors (Lipinski definition) is 4. The topological polar surface area (TPSA) is 216 Å². The maximum atomic E-state index is 10.4. The van der Waals surface area contributed by atoms with Crippen LogP contribution in [0.1, 0.15) is 38.5 Å². The van der Waals surface area contributed by atoms with E-state index in [4.69, 9.17) is 20.4 Å². The van der Waals surface area contributed by atoms with Crippen LogP contribution in [-0.4, -0.2) is 44.3 Å². The van der Waals surface area contributed by atoms with Gasteiger partial charge in [0.1, 0.15) is 0 Å². The Kier molecular flexibility index (Phi) is 11.0. The first-order chi connectivity index (χ1) is 9.19. The number of rotatable bonds is 4. The molecule has 2 aliphatic carbocycles. The van der Waals surface area contributed by atoms with Gasteiger partial charge in [-0.1, -0.05) is 0 Å². The minimum absolute atomic E-state index is 0. The van der Waals surface area contributed by atoms with Crippen molar-refractivity contribution in [3.8, 4) is 0 Å². The Morgan fingerprint density at radius 2 is 0.739 bits per heavy atom. The van der Waals surface area contributed by atoms with Crippen LogP contribution in [0.25, 0.3) is 12.3 Å². The minimum Gasteiger partial charge on any atom is -0.693 e. The van der Waals surface area contributed by atoms with Gasteiger partial charge in [0.15, 0.2) is 10.8 Å². The molecule has 2 aliphatic rings. The van der Waals surface area contributed by atoms with Crippen LogP contribution in [0.15, 0.2) is 0 Å². The van der Waals surface area contributed by atoms with Crippen molar-refractivity contribution < 1.29 is 60.7 Å². The predicted molar refractivity (Wildman–Crippen MR) is 73.7 cm³/mol. The Balaban J connectivity index is -0.000000308. The van der Waals surface area contributed by atoms with Crippen molar-refractivity contribution in [2.24, 2.45) is 10.8 Å². The molecule has 0 atom stereocenters. The smallest absolute Gasteiger partial charge is 0.693 e. The van der Waals surface area contributed by atoms with E-state index in [9.17, 15) is 19.2 Å². The van der Waals surface area contributed by atoms with Gasteiger partial charge in [-0.25, -0.2) is 0 Å². The first-order valence-corrected chi connectivity index (χ1v) is 6.13. The van der Waals surface area contributed by atoms with Crippen LogP contribution in [0.3, 0.4) is 0 Å². The van der Waals surface area contributed by atoms with Crippen LogP contribution in [-0.2, 0) is 40.2 Å². The third-order valence-corrected chi connectivity index (χ3v) is 4.05. The predicted octanol–water partition coefficient (Wildman–Crippen LogP) is 2.08. The summed E-state index contributed by atoms with van der Waals surface area (Å²) in [6.45, 7) is 0. The molecular weight excluding hydrogens is 495 g/mol.